The maximum Gasteiger partial charge on any atom is 0.241 e. The fourth-order valence-electron chi connectivity index (χ4n) is 4.66. The Hall–Kier alpha value is -2.07. The quantitative estimate of drug-likeness (QED) is 0.384. The second kappa shape index (κ2) is 10.2. The van der Waals surface area contributed by atoms with Gasteiger partial charge in [-0.2, -0.15) is 5.26 Å². The van der Waals surface area contributed by atoms with E-state index in [0.717, 1.165) is 18.4 Å². The van der Waals surface area contributed by atoms with Crippen LogP contribution in [0.25, 0.3) is 0 Å². The number of likely N-dealkylation sites (tertiary alicyclic amines) is 2. The third-order valence-corrected chi connectivity index (χ3v) is 7.65. The molecular formula is C21H32N6O4S. The predicted octanol–water partition coefficient (Wildman–Crippen LogP) is -0.739. The van der Waals surface area contributed by atoms with E-state index < -0.39 is 22.3 Å². The molecule has 11 heteroatoms. The molecule has 2 aliphatic rings. The van der Waals surface area contributed by atoms with E-state index in [4.69, 9.17) is 11.0 Å². The lowest BCUT2D eigenvalue weighted by atomic mass is 10.1. The smallest absolute Gasteiger partial charge is 0.241 e. The number of amides is 1. The minimum Gasteiger partial charge on any atom is -0.377 e. The van der Waals surface area contributed by atoms with Crippen molar-refractivity contribution in [2.24, 2.45) is 5.73 Å². The third-order valence-electron chi connectivity index (χ3n) is 6.24. The predicted molar refractivity (Wildman–Crippen MR) is 118 cm³/mol. The Morgan fingerprint density at radius 3 is 2.84 bits per heavy atom. The number of hydrogen-bond donors (Lipinski definition) is 3. The van der Waals surface area contributed by atoms with Gasteiger partial charge in [-0.15, -0.1) is 0 Å². The molecule has 0 spiro atoms. The summed E-state index contributed by atoms with van der Waals surface area (Å²) in [6, 6.07) is 7.91. The van der Waals surface area contributed by atoms with Gasteiger partial charge in [0.2, 0.25) is 15.9 Å². The highest BCUT2D eigenvalue weighted by molar-refractivity contribution is 7.89. The van der Waals surface area contributed by atoms with Gasteiger partial charge in [0, 0.05) is 32.2 Å². The van der Waals surface area contributed by atoms with Crippen molar-refractivity contribution in [1.82, 2.24) is 19.4 Å². The Morgan fingerprint density at radius 2 is 2.22 bits per heavy atom. The maximum absolute atomic E-state index is 12.6. The van der Waals surface area contributed by atoms with Crippen LogP contribution in [0.15, 0.2) is 29.2 Å². The number of nitrogens with one attached hydrogen (secondary N) is 1. The molecule has 1 aromatic rings. The van der Waals surface area contributed by atoms with E-state index in [-0.39, 0.29) is 29.4 Å². The summed E-state index contributed by atoms with van der Waals surface area (Å²) in [5, 5.41) is 19.8. The van der Waals surface area contributed by atoms with Crippen molar-refractivity contribution in [1.29, 1.82) is 5.26 Å². The van der Waals surface area contributed by atoms with Gasteiger partial charge in [0.1, 0.15) is 12.8 Å². The van der Waals surface area contributed by atoms with Crippen LogP contribution in [0.2, 0.25) is 0 Å². The Kier molecular flexibility index (Phi) is 7.87. The number of carbonyl (C=O) groups excluding carboxylic acids is 1. The largest absolute Gasteiger partial charge is 0.377 e. The molecule has 0 radical (unpaired) electrons. The molecule has 1 amide bonds. The minimum atomic E-state index is -3.53. The van der Waals surface area contributed by atoms with E-state index in [1.807, 2.05) is 28.9 Å². The molecule has 10 nitrogen and oxygen atoms in total. The number of hydrogen-bond acceptors (Lipinski definition) is 8. The minimum absolute atomic E-state index is 0.0190. The van der Waals surface area contributed by atoms with Crippen molar-refractivity contribution in [3.63, 3.8) is 0 Å². The summed E-state index contributed by atoms with van der Waals surface area (Å²) in [5.74, 6) is -0.245. The normalized spacial score (nSPS) is 24.4. The fraction of sp³-hybridized carbons (Fsp3) is 0.619. The number of aliphatic hydroxyl groups is 1. The van der Waals surface area contributed by atoms with Crippen LogP contribution >= 0.6 is 0 Å². The Labute approximate surface area is 189 Å². The molecule has 0 aliphatic carbocycles. The van der Waals surface area contributed by atoms with Crippen LogP contribution in [-0.4, -0.2) is 91.7 Å². The van der Waals surface area contributed by atoms with Gasteiger partial charge >= 0.3 is 0 Å². The molecule has 2 saturated heterocycles. The van der Waals surface area contributed by atoms with E-state index in [0.29, 0.717) is 26.2 Å². The first-order valence-electron chi connectivity index (χ1n) is 10.8. The Balaban J connectivity index is 1.62. The van der Waals surface area contributed by atoms with E-state index in [1.165, 1.54) is 18.0 Å². The van der Waals surface area contributed by atoms with E-state index in [9.17, 15) is 18.3 Å². The zero-order valence-electron chi connectivity index (χ0n) is 18.5. The molecule has 2 fully saturated rings. The van der Waals surface area contributed by atoms with Crippen LogP contribution in [0.4, 0.5) is 0 Å². The van der Waals surface area contributed by atoms with Crippen molar-refractivity contribution in [2.45, 2.75) is 55.6 Å². The third kappa shape index (κ3) is 5.11. The van der Waals surface area contributed by atoms with Crippen LogP contribution in [0.5, 0.6) is 0 Å². The maximum atomic E-state index is 12.6. The van der Waals surface area contributed by atoms with Gasteiger partial charge in [0.15, 0.2) is 0 Å². The second-order valence-corrected chi connectivity index (χ2v) is 10.3. The lowest BCUT2D eigenvalue weighted by Crippen LogP contribution is -2.57. The van der Waals surface area contributed by atoms with Crippen LogP contribution < -0.4 is 10.5 Å². The van der Waals surface area contributed by atoms with Gasteiger partial charge in [-0.1, -0.05) is 19.1 Å². The SMILES string of the molecule is CCCN(CC#N)C(=O)C(N)CN1C[C@@H]2CC1C(O)N2Cc1cccc(S(=O)(=O)NC)c1. The van der Waals surface area contributed by atoms with Crippen molar-refractivity contribution >= 4 is 15.9 Å². The molecule has 3 unspecified atom stereocenters. The van der Waals surface area contributed by atoms with Crippen molar-refractivity contribution in [2.75, 3.05) is 33.2 Å². The zero-order chi connectivity index (χ0) is 23.5. The average Bonchev–Trinajstić information content (AvgIpc) is 3.31. The number of carbonyl (C=O) groups is 1. The first-order valence-corrected chi connectivity index (χ1v) is 12.3. The number of rotatable bonds is 10. The van der Waals surface area contributed by atoms with Gasteiger partial charge < -0.3 is 15.7 Å². The number of aliphatic hydroxyl groups excluding tert-OH is 1. The van der Waals surface area contributed by atoms with Gasteiger partial charge in [0.05, 0.1) is 23.0 Å². The molecule has 0 aromatic heterocycles. The monoisotopic (exact) mass is 464 g/mol. The average molecular weight is 465 g/mol. The number of nitrogens with two attached hydrogens (primary N) is 1. The molecule has 3 rings (SSSR count). The number of nitriles is 1. The number of benzene rings is 1. The first kappa shape index (κ1) is 24.6. The molecule has 4 atom stereocenters. The van der Waals surface area contributed by atoms with Gasteiger partial charge in [-0.25, -0.2) is 13.1 Å². The van der Waals surface area contributed by atoms with Crippen LogP contribution in [0.3, 0.4) is 0 Å². The zero-order valence-corrected chi connectivity index (χ0v) is 19.3. The second-order valence-electron chi connectivity index (χ2n) is 8.38. The summed E-state index contributed by atoms with van der Waals surface area (Å²) >= 11 is 0. The van der Waals surface area contributed by atoms with Crippen LogP contribution in [0.1, 0.15) is 25.3 Å². The number of sulfonamides is 1. The van der Waals surface area contributed by atoms with Crippen LogP contribution in [0, 0.1) is 11.3 Å². The Bertz CT molecular complexity index is 963. The molecule has 1 aromatic carbocycles. The fourth-order valence-corrected chi connectivity index (χ4v) is 5.46. The van der Waals surface area contributed by atoms with Crippen LogP contribution in [-0.2, 0) is 21.4 Å². The number of nitrogens with zero attached hydrogens (tertiary/aromatic N) is 4. The van der Waals surface area contributed by atoms with Gasteiger partial charge in [-0.05, 0) is 37.6 Å². The van der Waals surface area contributed by atoms with Crippen molar-refractivity contribution in [3.05, 3.63) is 29.8 Å². The summed E-state index contributed by atoms with van der Waals surface area (Å²) in [4.78, 5) is 18.3. The summed E-state index contributed by atoms with van der Waals surface area (Å²) < 4.78 is 26.5. The summed E-state index contributed by atoms with van der Waals surface area (Å²) in [6.45, 7) is 3.88. The number of fused-ring (bicyclic) bond motifs is 2. The number of piperazine rings is 1. The standard InChI is InChI=1S/C21H32N6O4S/c1-3-8-25(9-7-22)20(28)18(23)14-26-13-16-11-19(26)21(29)27(16)12-15-5-4-6-17(10-15)32(30,31)24-2/h4-6,10,16,18-19,21,24,29H,3,8-9,11-14,23H2,1-2H3/t16-,18?,19?,21?/m0/s1. The molecule has 4 N–H and O–H groups in total. The van der Waals surface area contributed by atoms with Gasteiger partial charge in [0.25, 0.3) is 0 Å². The molecular weight excluding hydrogens is 432 g/mol. The first-order chi connectivity index (χ1) is 15.2. The van der Waals surface area contributed by atoms with Gasteiger partial charge in [-0.3, -0.25) is 14.6 Å². The lowest BCUT2D eigenvalue weighted by molar-refractivity contribution is -0.133. The summed E-state index contributed by atoms with van der Waals surface area (Å²) in [7, 11) is -2.16. The molecule has 32 heavy (non-hydrogen) atoms. The molecule has 0 saturated carbocycles. The highest BCUT2D eigenvalue weighted by atomic mass is 32.2. The van der Waals surface area contributed by atoms with E-state index >= 15 is 0 Å². The van der Waals surface area contributed by atoms with E-state index in [2.05, 4.69) is 4.72 Å². The molecule has 176 valence electrons. The Morgan fingerprint density at radius 1 is 1.47 bits per heavy atom. The highest BCUT2D eigenvalue weighted by Crippen LogP contribution is 2.36. The van der Waals surface area contributed by atoms with Crippen molar-refractivity contribution < 1.29 is 18.3 Å². The topological polar surface area (TPSA) is 143 Å². The summed E-state index contributed by atoms with van der Waals surface area (Å²) in [5.41, 5.74) is 6.97. The molecule has 2 aliphatic heterocycles. The van der Waals surface area contributed by atoms with E-state index in [1.54, 1.807) is 12.1 Å². The molecule has 2 bridgehead atoms. The highest BCUT2D eigenvalue weighted by Gasteiger charge is 2.50. The summed E-state index contributed by atoms with van der Waals surface area (Å²) in [6.07, 6.45) is 0.776. The lowest BCUT2D eigenvalue weighted by Gasteiger charge is -2.39. The van der Waals surface area contributed by atoms with Crippen molar-refractivity contribution in [3.8, 4) is 6.07 Å². The molecule has 2 heterocycles.